The quantitative estimate of drug-likeness (QED) is 0.464. The van der Waals surface area contributed by atoms with E-state index in [0.29, 0.717) is 0 Å². The average molecular weight is 274 g/mol. The van der Waals surface area contributed by atoms with Gasteiger partial charge in [0.05, 0.1) is 12.2 Å². The molecule has 0 aromatic heterocycles. The lowest BCUT2D eigenvalue weighted by molar-refractivity contribution is -0.137. The summed E-state index contributed by atoms with van der Waals surface area (Å²) in [5, 5.41) is 0. The minimum atomic E-state index is -3.81. The first kappa shape index (κ1) is 14.3. The zero-order valence-electron chi connectivity index (χ0n) is 9.77. The van der Waals surface area contributed by atoms with E-state index < -0.39 is 37.9 Å². The number of rotatable bonds is 4. The molecule has 0 aliphatic heterocycles. The molecule has 0 bridgehead atoms. The monoisotopic (exact) mass is 274 g/mol. The standard InChI is InChI=1S/C11H11FO5S/c1-3-17-11(14)10(13)7-5-4-6-8(9(7)12)18(2,15)16/h4-6H,3H2,1-2H3. The first-order valence-electron chi connectivity index (χ1n) is 4.99. The number of sulfone groups is 1. The van der Waals surface area contributed by atoms with E-state index >= 15 is 0 Å². The summed E-state index contributed by atoms with van der Waals surface area (Å²) in [5.74, 6) is -3.67. The van der Waals surface area contributed by atoms with Crippen LogP contribution in [0.15, 0.2) is 23.1 Å². The van der Waals surface area contributed by atoms with Crippen molar-refractivity contribution in [3.8, 4) is 0 Å². The fraction of sp³-hybridized carbons (Fsp3) is 0.273. The topological polar surface area (TPSA) is 77.5 Å². The molecule has 0 fully saturated rings. The van der Waals surface area contributed by atoms with Crippen molar-refractivity contribution in [1.82, 2.24) is 0 Å². The molecule has 98 valence electrons. The summed E-state index contributed by atoms with van der Waals surface area (Å²) in [6.07, 6.45) is 0.810. The highest BCUT2D eigenvalue weighted by atomic mass is 32.2. The molecule has 0 heterocycles. The van der Waals surface area contributed by atoms with Crippen LogP contribution < -0.4 is 0 Å². The minimum absolute atomic E-state index is 0.0298. The molecule has 0 saturated carbocycles. The second kappa shape index (κ2) is 5.26. The molecule has 0 amide bonds. The Morgan fingerprint density at radius 3 is 2.44 bits per heavy atom. The fourth-order valence-electron chi connectivity index (χ4n) is 1.28. The van der Waals surface area contributed by atoms with Gasteiger partial charge in [0.15, 0.2) is 15.7 Å². The Kier molecular flexibility index (Phi) is 4.18. The van der Waals surface area contributed by atoms with Gasteiger partial charge in [0.1, 0.15) is 4.90 Å². The van der Waals surface area contributed by atoms with Crippen molar-refractivity contribution < 1.29 is 27.1 Å². The van der Waals surface area contributed by atoms with Crippen molar-refractivity contribution in [2.24, 2.45) is 0 Å². The van der Waals surface area contributed by atoms with Crippen molar-refractivity contribution in [3.05, 3.63) is 29.6 Å². The highest BCUT2D eigenvalue weighted by Gasteiger charge is 2.25. The van der Waals surface area contributed by atoms with Crippen molar-refractivity contribution in [2.75, 3.05) is 12.9 Å². The molecule has 0 N–H and O–H groups in total. The smallest absolute Gasteiger partial charge is 0.379 e. The third-order valence-electron chi connectivity index (χ3n) is 2.07. The summed E-state index contributed by atoms with van der Waals surface area (Å²) < 4.78 is 40.8. The molecule has 0 unspecified atom stereocenters. The van der Waals surface area contributed by atoms with Crippen LogP contribution in [0, 0.1) is 5.82 Å². The number of hydrogen-bond donors (Lipinski definition) is 0. The zero-order valence-corrected chi connectivity index (χ0v) is 10.6. The molecule has 0 aliphatic rings. The number of hydrogen-bond acceptors (Lipinski definition) is 5. The molecule has 0 atom stereocenters. The van der Waals surface area contributed by atoms with Crippen LogP contribution in [0.3, 0.4) is 0 Å². The third kappa shape index (κ3) is 2.92. The van der Waals surface area contributed by atoms with Gasteiger partial charge in [-0.05, 0) is 19.1 Å². The maximum atomic E-state index is 13.8. The second-order valence-electron chi connectivity index (χ2n) is 3.44. The van der Waals surface area contributed by atoms with Crippen LogP contribution in [0.5, 0.6) is 0 Å². The predicted octanol–water partition coefficient (Wildman–Crippen LogP) is 0.975. The number of benzene rings is 1. The van der Waals surface area contributed by atoms with Gasteiger partial charge >= 0.3 is 5.97 Å². The Bertz CT molecular complexity index is 591. The Morgan fingerprint density at radius 1 is 1.33 bits per heavy atom. The van der Waals surface area contributed by atoms with Crippen LogP contribution >= 0.6 is 0 Å². The van der Waals surface area contributed by atoms with E-state index in [4.69, 9.17) is 0 Å². The highest BCUT2D eigenvalue weighted by Crippen LogP contribution is 2.18. The second-order valence-corrected chi connectivity index (χ2v) is 5.42. The predicted molar refractivity (Wildman–Crippen MR) is 60.5 cm³/mol. The number of ether oxygens (including phenoxy) is 1. The molecule has 0 aliphatic carbocycles. The molecule has 5 nitrogen and oxygen atoms in total. The molecule has 18 heavy (non-hydrogen) atoms. The van der Waals surface area contributed by atoms with Gasteiger partial charge in [0.25, 0.3) is 5.78 Å². The molecular formula is C11H11FO5S. The van der Waals surface area contributed by atoms with Gasteiger partial charge in [-0.15, -0.1) is 0 Å². The first-order valence-corrected chi connectivity index (χ1v) is 6.88. The molecule has 0 spiro atoms. The van der Waals surface area contributed by atoms with Crippen LogP contribution in [-0.4, -0.2) is 33.0 Å². The Labute approximate surface area is 103 Å². The number of halogens is 1. The number of carbonyl (C=O) groups is 2. The van der Waals surface area contributed by atoms with E-state index in [2.05, 4.69) is 4.74 Å². The summed E-state index contributed by atoms with van der Waals surface area (Å²) in [7, 11) is -3.81. The Hall–Kier alpha value is -1.76. The number of esters is 1. The van der Waals surface area contributed by atoms with Crippen LogP contribution in [0.2, 0.25) is 0 Å². The summed E-state index contributed by atoms with van der Waals surface area (Å²) in [5.41, 5.74) is -0.614. The lowest BCUT2D eigenvalue weighted by Gasteiger charge is -2.05. The van der Waals surface area contributed by atoms with Gasteiger partial charge in [0.2, 0.25) is 0 Å². The summed E-state index contributed by atoms with van der Waals surface area (Å²) in [6.45, 7) is 1.46. The maximum Gasteiger partial charge on any atom is 0.379 e. The van der Waals surface area contributed by atoms with Gasteiger partial charge in [-0.2, -0.15) is 0 Å². The van der Waals surface area contributed by atoms with E-state index in [1.165, 1.54) is 13.0 Å². The number of carbonyl (C=O) groups excluding carboxylic acids is 2. The lowest BCUT2D eigenvalue weighted by Crippen LogP contribution is -2.19. The summed E-state index contributed by atoms with van der Waals surface area (Å²) in [4.78, 5) is 22.1. The van der Waals surface area contributed by atoms with Gasteiger partial charge in [-0.25, -0.2) is 17.6 Å². The Morgan fingerprint density at radius 2 is 1.94 bits per heavy atom. The van der Waals surface area contributed by atoms with E-state index in [0.717, 1.165) is 18.4 Å². The van der Waals surface area contributed by atoms with Gasteiger partial charge in [0, 0.05) is 6.26 Å². The molecule has 1 aromatic rings. The van der Waals surface area contributed by atoms with Gasteiger partial charge in [-0.1, -0.05) is 6.07 Å². The summed E-state index contributed by atoms with van der Waals surface area (Å²) >= 11 is 0. The average Bonchev–Trinajstić information content (AvgIpc) is 2.27. The maximum absolute atomic E-state index is 13.8. The van der Waals surface area contributed by atoms with Crippen LogP contribution in [0.1, 0.15) is 17.3 Å². The zero-order chi connectivity index (χ0) is 13.9. The van der Waals surface area contributed by atoms with Crippen LogP contribution in [0.25, 0.3) is 0 Å². The molecule has 0 radical (unpaired) electrons. The van der Waals surface area contributed by atoms with Crippen molar-refractivity contribution >= 4 is 21.6 Å². The van der Waals surface area contributed by atoms with E-state index in [1.807, 2.05) is 0 Å². The Balaban J connectivity index is 3.28. The van der Waals surface area contributed by atoms with Crippen LogP contribution in [0.4, 0.5) is 4.39 Å². The molecule has 1 aromatic carbocycles. The largest absolute Gasteiger partial charge is 0.460 e. The number of Topliss-reactive ketones (excluding diaryl/α,β-unsaturated/α-hetero) is 1. The first-order chi connectivity index (χ1) is 8.29. The SMILES string of the molecule is CCOC(=O)C(=O)c1cccc(S(C)(=O)=O)c1F. The third-order valence-corrected chi connectivity index (χ3v) is 3.18. The summed E-state index contributed by atoms with van der Waals surface area (Å²) in [6, 6.07) is 3.24. The highest BCUT2D eigenvalue weighted by molar-refractivity contribution is 7.90. The van der Waals surface area contributed by atoms with E-state index in [-0.39, 0.29) is 6.61 Å². The normalized spacial score (nSPS) is 11.1. The molecule has 0 saturated heterocycles. The lowest BCUT2D eigenvalue weighted by atomic mass is 10.1. The molecule has 7 heteroatoms. The molecular weight excluding hydrogens is 263 g/mol. The fourth-order valence-corrected chi connectivity index (χ4v) is 2.04. The van der Waals surface area contributed by atoms with E-state index in [1.54, 1.807) is 0 Å². The van der Waals surface area contributed by atoms with Crippen molar-refractivity contribution in [2.45, 2.75) is 11.8 Å². The van der Waals surface area contributed by atoms with Gasteiger partial charge < -0.3 is 4.74 Å². The van der Waals surface area contributed by atoms with E-state index in [9.17, 15) is 22.4 Å². The number of ketones is 1. The van der Waals surface area contributed by atoms with Crippen LogP contribution in [-0.2, 0) is 19.4 Å². The molecule has 1 rings (SSSR count). The van der Waals surface area contributed by atoms with Crippen molar-refractivity contribution in [3.63, 3.8) is 0 Å². The minimum Gasteiger partial charge on any atom is -0.460 e. The van der Waals surface area contributed by atoms with Gasteiger partial charge in [-0.3, -0.25) is 4.79 Å². The van der Waals surface area contributed by atoms with Crippen molar-refractivity contribution in [1.29, 1.82) is 0 Å².